The summed E-state index contributed by atoms with van der Waals surface area (Å²) in [5, 5.41) is 6.73. The number of aryl methyl sites for hydroxylation is 1. The Morgan fingerprint density at radius 3 is 2.46 bits per heavy atom. The Hall–Kier alpha value is -1.56. The van der Waals surface area contributed by atoms with Crippen molar-refractivity contribution in [3.05, 3.63) is 21.9 Å². The number of nitrogens with zero attached hydrogens (tertiary/aromatic N) is 2. The van der Waals surface area contributed by atoms with E-state index in [9.17, 15) is 4.79 Å². The summed E-state index contributed by atoms with van der Waals surface area (Å²) in [6.07, 6.45) is 5.24. The van der Waals surface area contributed by atoms with Crippen LogP contribution in [0.2, 0.25) is 0 Å². The van der Waals surface area contributed by atoms with Crippen molar-refractivity contribution in [1.29, 1.82) is 0 Å². The zero-order valence-electron chi connectivity index (χ0n) is 15.3. The summed E-state index contributed by atoms with van der Waals surface area (Å²) in [6, 6.07) is 4.35. The van der Waals surface area contributed by atoms with Gasteiger partial charge in [-0.3, -0.25) is 9.79 Å². The molecule has 1 saturated carbocycles. The van der Waals surface area contributed by atoms with Crippen LogP contribution >= 0.6 is 11.3 Å². The number of guanidine groups is 1. The molecule has 6 heteroatoms. The number of amides is 1. The smallest absolute Gasteiger partial charge is 0.230 e. The van der Waals surface area contributed by atoms with Gasteiger partial charge >= 0.3 is 0 Å². The second-order valence-corrected chi connectivity index (χ2v) is 7.94. The maximum Gasteiger partial charge on any atom is 0.230 e. The lowest BCUT2D eigenvalue weighted by Crippen LogP contribution is -2.49. The maximum atomic E-state index is 12.6. The molecule has 2 rings (SSSR count). The van der Waals surface area contributed by atoms with Gasteiger partial charge in [-0.25, -0.2) is 0 Å². The van der Waals surface area contributed by atoms with Crippen molar-refractivity contribution in [3.63, 3.8) is 0 Å². The molecule has 2 N–H and O–H groups in total. The standard InChI is InChI=1S/C18H30N4OS/c1-5-14-8-9-15(24-14)12-20-17(19-2)21-13-18(10-6-7-11-18)16(23)22(3)4/h8-9H,5-7,10-13H2,1-4H3,(H2,19,20,21). The highest BCUT2D eigenvalue weighted by Gasteiger charge is 2.42. The number of carbonyl (C=O) groups excluding carboxylic acids is 1. The topological polar surface area (TPSA) is 56.7 Å². The Kier molecular flexibility index (Phi) is 6.66. The molecule has 1 aromatic rings. The first-order valence-electron chi connectivity index (χ1n) is 8.74. The van der Waals surface area contributed by atoms with E-state index in [1.165, 1.54) is 9.75 Å². The van der Waals surface area contributed by atoms with Crippen molar-refractivity contribution in [2.75, 3.05) is 27.7 Å². The number of hydrogen-bond acceptors (Lipinski definition) is 3. The molecule has 1 aliphatic rings. The average molecular weight is 351 g/mol. The Morgan fingerprint density at radius 2 is 1.92 bits per heavy atom. The highest BCUT2D eigenvalue weighted by Crippen LogP contribution is 2.38. The molecule has 5 nitrogen and oxygen atoms in total. The third-order valence-corrected chi connectivity index (χ3v) is 5.96. The minimum absolute atomic E-state index is 0.230. The van der Waals surface area contributed by atoms with Crippen LogP contribution in [0.3, 0.4) is 0 Å². The summed E-state index contributed by atoms with van der Waals surface area (Å²) in [7, 11) is 5.46. The predicted molar refractivity (Wildman–Crippen MR) is 101 cm³/mol. The van der Waals surface area contributed by atoms with Gasteiger partial charge in [-0.2, -0.15) is 0 Å². The van der Waals surface area contributed by atoms with Gasteiger partial charge in [-0.1, -0.05) is 19.8 Å². The number of aliphatic imine (C=N–C) groups is 1. The molecule has 0 radical (unpaired) electrons. The third kappa shape index (κ3) is 4.50. The van der Waals surface area contributed by atoms with Crippen molar-refractivity contribution < 1.29 is 4.79 Å². The van der Waals surface area contributed by atoms with Crippen molar-refractivity contribution in [3.8, 4) is 0 Å². The van der Waals surface area contributed by atoms with E-state index in [0.29, 0.717) is 6.54 Å². The number of rotatable bonds is 6. The number of nitrogens with one attached hydrogen (secondary N) is 2. The predicted octanol–water partition coefficient (Wildman–Crippen LogP) is 2.62. The van der Waals surface area contributed by atoms with Crippen LogP contribution in [0, 0.1) is 5.41 Å². The van der Waals surface area contributed by atoms with Crippen molar-refractivity contribution in [2.24, 2.45) is 10.4 Å². The van der Waals surface area contributed by atoms with E-state index in [4.69, 9.17) is 0 Å². The number of hydrogen-bond donors (Lipinski definition) is 2. The van der Waals surface area contributed by atoms with E-state index in [1.807, 2.05) is 25.4 Å². The second kappa shape index (κ2) is 8.51. The van der Waals surface area contributed by atoms with E-state index in [0.717, 1.165) is 44.6 Å². The van der Waals surface area contributed by atoms with Crippen LogP contribution < -0.4 is 10.6 Å². The molecule has 1 heterocycles. The largest absolute Gasteiger partial charge is 0.355 e. The molecule has 1 fully saturated rings. The Balaban J connectivity index is 1.91. The van der Waals surface area contributed by atoms with Crippen molar-refractivity contribution in [2.45, 2.75) is 45.6 Å². The zero-order valence-corrected chi connectivity index (χ0v) is 16.1. The molecule has 0 atom stereocenters. The zero-order chi connectivity index (χ0) is 17.6. The summed E-state index contributed by atoms with van der Waals surface area (Å²) in [5.41, 5.74) is -0.278. The molecule has 1 amide bonds. The van der Waals surface area contributed by atoms with Gasteiger partial charge in [-0.05, 0) is 31.4 Å². The SMILES string of the molecule is CCc1ccc(CNC(=NC)NCC2(C(=O)N(C)C)CCCC2)s1. The van der Waals surface area contributed by atoms with Gasteiger partial charge in [0.15, 0.2) is 5.96 Å². The lowest BCUT2D eigenvalue weighted by atomic mass is 9.84. The fourth-order valence-corrected chi connectivity index (χ4v) is 4.24. The van der Waals surface area contributed by atoms with Crippen LogP contribution in [0.15, 0.2) is 17.1 Å². The average Bonchev–Trinajstić information content (AvgIpc) is 3.24. The Morgan fingerprint density at radius 1 is 1.25 bits per heavy atom. The molecule has 24 heavy (non-hydrogen) atoms. The van der Waals surface area contributed by atoms with Gasteiger partial charge in [0.25, 0.3) is 0 Å². The highest BCUT2D eigenvalue weighted by atomic mass is 32.1. The quantitative estimate of drug-likeness (QED) is 0.612. The summed E-state index contributed by atoms with van der Waals surface area (Å²) in [5.74, 6) is 0.994. The summed E-state index contributed by atoms with van der Waals surface area (Å²) in [6.45, 7) is 3.58. The lowest BCUT2D eigenvalue weighted by molar-refractivity contribution is -0.138. The fourth-order valence-electron chi connectivity index (χ4n) is 3.34. The maximum absolute atomic E-state index is 12.6. The van der Waals surface area contributed by atoms with E-state index in [-0.39, 0.29) is 11.3 Å². The Labute approximate surface area is 149 Å². The van der Waals surface area contributed by atoms with Crippen LogP contribution in [0.25, 0.3) is 0 Å². The van der Waals surface area contributed by atoms with Gasteiger partial charge in [0, 0.05) is 37.4 Å². The molecule has 0 aliphatic heterocycles. The minimum atomic E-state index is -0.278. The number of carbonyl (C=O) groups is 1. The van der Waals surface area contributed by atoms with Crippen LogP contribution in [-0.4, -0.2) is 44.5 Å². The lowest BCUT2D eigenvalue weighted by Gasteiger charge is -2.31. The molecular weight excluding hydrogens is 320 g/mol. The van der Waals surface area contributed by atoms with Crippen molar-refractivity contribution >= 4 is 23.2 Å². The molecule has 0 spiro atoms. The molecule has 0 saturated heterocycles. The van der Waals surface area contributed by atoms with E-state index in [2.05, 4.69) is 34.7 Å². The Bertz CT molecular complexity index is 573. The molecular formula is C18H30N4OS. The van der Waals surface area contributed by atoms with Crippen molar-refractivity contribution in [1.82, 2.24) is 15.5 Å². The van der Waals surface area contributed by atoms with Gasteiger partial charge in [0.2, 0.25) is 5.91 Å². The second-order valence-electron chi connectivity index (χ2n) is 6.69. The molecule has 1 aromatic heterocycles. The molecule has 1 aliphatic carbocycles. The van der Waals surface area contributed by atoms with Gasteiger partial charge in [0.1, 0.15) is 0 Å². The normalized spacial score (nSPS) is 16.9. The van der Waals surface area contributed by atoms with Gasteiger partial charge < -0.3 is 15.5 Å². The fraction of sp³-hybridized carbons (Fsp3) is 0.667. The van der Waals surface area contributed by atoms with Crippen LogP contribution in [-0.2, 0) is 17.8 Å². The first-order valence-corrected chi connectivity index (χ1v) is 9.56. The van der Waals surface area contributed by atoms with Crippen LogP contribution in [0.5, 0.6) is 0 Å². The van der Waals surface area contributed by atoms with Gasteiger partial charge in [-0.15, -0.1) is 11.3 Å². The highest BCUT2D eigenvalue weighted by molar-refractivity contribution is 7.11. The van der Waals surface area contributed by atoms with E-state index >= 15 is 0 Å². The summed E-state index contributed by atoms with van der Waals surface area (Å²) in [4.78, 5) is 21.3. The molecule has 0 bridgehead atoms. The third-order valence-electron chi connectivity index (χ3n) is 4.73. The summed E-state index contributed by atoms with van der Waals surface area (Å²) >= 11 is 1.83. The van der Waals surface area contributed by atoms with Crippen LogP contribution in [0.1, 0.15) is 42.4 Å². The first-order chi connectivity index (χ1) is 11.5. The van der Waals surface area contributed by atoms with Gasteiger partial charge in [0.05, 0.1) is 12.0 Å². The van der Waals surface area contributed by atoms with E-state index in [1.54, 1.807) is 11.9 Å². The first kappa shape index (κ1) is 18.8. The monoisotopic (exact) mass is 350 g/mol. The molecule has 0 unspecified atom stereocenters. The van der Waals surface area contributed by atoms with E-state index < -0.39 is 0 Å². The summed E-state index contributed by atoms with van der Waals surface area (Å²) < 4.78 is 0. The molecule has 0 aromatic carbocycles. The number of thiophene rings is 1. The van der Waals surface area contributed by atoms with Crippen LogP contribution in [0.4, 0.5) is 0 Å². The molecule has 134 valence electrons. The minimum Gasteiger partial charge on any atom is -0.355 e.